The smallest absolute Gasteiger partial charge is 0.116 e. The molecule has 0 radical (unpaired) electrons. The Morgan fingerprint density at radius 3 is 1.62 bits per heavy atom. The summed E-state index contributed by atoms with van der Waals surface area (Å²) in [4.78, 5) is 6.51. The maximum atomic E-state index is 3.97. The van der Waals surface area contributed by atoms with Crippen LogP contribution in [0.25, 0.3) is 0 Å². The van der Waals surface area contributed by atoms with Crippen LogP contribution in [0.1, 0.15) is 40.5 Å². The van der Waals surface area contributed by atoms with Crippen LogP contribution in [0.4, 0.5) is 0 Å². The second-order valence-electron chi connectivity index (χ2n) is 5.82. The number of nitrogens with zero attached hydrogens (tertiary/aromatic N) is 1. The molecule has 0 aromatic rings. The van der Waals surface area contributed by atoms with Gasteiger partial charge in [-0.3, -0.25) is 0 Å². The van der Waals surface area contributed by atoms with E-state index in [0.717, 1.165) is 13.1 Å². The van der Waals surface area contributed by atoms with E-state index in [2.05, 4.69) is 57.2 Å². The molecule has 0 fully saturated rings. The molecule has 0 aliphatic rings. The van der Waals surface area contributed by atoms with Gasteiger partial charge in [-0.2, -0.15) is 0 Å². The van der Waals surface area contributed by atoms with E-state index < -0.39 is 8.24 Å². The van der Waals surface area contributed by atoms with Crippen molar-refractivity contribution in [1.82, 2.24) is 9.88 Å². The molecule has 0 bridgehead atoms. The lowest BCUT2D eigenvalue weighted by molar-refractivity contribution is 0.199. The molecule has 0 aromatic heterocycles. The van der Waals surface area contributed by atoms with Crippen LogP contribution in [0.15, 0.2) is 0 Å². The third-order valence-corrected chi connectivity index (χ3v) is 4.69. The fourth-order valence-electron chi connectivity index (χ4n) is 2.36. The Hall–Kier alpha value is 0.137. The van der Waals surface area contributed by atoms with Gasteiger partial charge in [-0.05, 0) is 25.9 Å². The number of likely N-dealkylation sites (N-methyl/N-ethyl adjacent to an activating group) is 1. The highest BCUT2D eigenvalue weighted by atomic mass is 28.3. The van der Waals surface area contributed by atoms with Crippen LogP contribution < -0.4 is 4.98 Å². The minimum atomic E-state index is -1.20. The van der Waals surface area contributed by atoms with Crippen LogP contribution in [0.3, 0.4) is 0 Å². The lowest BCUT2D eigenvalue weighted by Crippen LogP contribution is -2.61. The van der Waals surface area contributed by atoms with E-state index in [4.69, 9.17) is 0 Å². The van der Waals surface area contributed by atoms with E-state index in [1.54, 1.807) is 0 Å². The van der Waals surface area contributed by atoms with Crippen molar-refractivity contribution >= 4 is 8.24 Å². The highest BCUT2D eigenvalue weighted by Crippen LogP contribution is 2.19. The molecule has 0 aromatic carbocycles. The van der Waals surface area contributed by atoms with Gasteiger partial charge in [0, 0.05) is 12.1 Å². The molecule has 3 heteroatoms. The molecule has 0 saturated heterocycles. The van der Waals surface area contributed by atoms with E-state index >= 15 is 0 Å². The molecule has 0 amide bonds. The van der Waals surface area contributed by atoms with Crippen molar-refractivity contribution in [1.29, 1.82) is 0 Å². The summed E-state index contributed by atoms with van der Waals surface area (Å²) in [7, 11) is -1.20. The van der Waals surface area contributed by atoms with Crippen LogP contribution in [-0.2, 0) is 0 Å². The van der Waals surface area contributed by atoms with Crippen LogP contribution in [-0.4, -0.2) is 38.3 Å². The zero-order valence-corrected chi connectivity index (χ0v) is 13.5. The summed E-state index contributed by atoms with van der Waals surface area (Å²) in [6.07, 6.45) is 2.45. The van der Waals surface area contributed by atoms with Crippen LogP contribution in [0, 0.1) is 0 Å². The van der Waals surface area contributed by atoms with Crippen LogP contribution in [0.2, 0.25) is 19.6 Å². The second kappa shape index (κ2) is 6.77. The lowest BCUT2D eigenvalue weighted by atomic mass is 9.93. The molecule has 1 N–H and O–H groups in total. The summed E-state index contributed by atoms with van der Waals surface area (Å²) in [5.41, 5.74) is 0.330. The first-order chi connectivity index (χ1) is 7.32. The fourth-order valence-corrected chi connectivity index (χ4v) is 4.38. The Balaban J connectivity index is 4.67. The zero-order valence-electron chi connectivity index (χ0n) is 12.5. The van der Waals surface area contributed by atoms with Gasteiger partial charge in [-0.1, -0.05) is 47.3 Å². The molecule has 16 heavy (non-hydrogen) atoms. The van der Waals surface area contributed by atoms with Gasteiger partial charge < -0.3 is 9.88 Å². The summed E-state index contributed by atoms with van der Waals surface area (Å²) in [6, 6.07) is 0. The average Bonchev–Trinajstić information content (AvgIpc) is 2.22. The molecular weight excluding hydrogens is 212 g/mol. The predicted octanol–water partition coefficient (Wildman–Crippen LogP) is 3.31. The van der Waals surface area contributed by atoms with Gasteiger partial charge in [0.2, 0.25) is 0 Å². The zero-order chi connectivity index (χ0) is 12.8. The summed E-state index contributed by atoms with van der Waals surface area (Å²) in [5, 5.41) is 0. The molecule has 0 atom stereocenters. The van der Waals surface area contributed by atoms with Gasteiger partial charge >= 0.3 is 0 Å². The largest absolute Gasteiger partial charge is 0.331 e. The highest BCUT2D eigenvalue weighted by Gasteiger charge is 2.32. The first-order valence-electron chi connectivity index (χ1n) is 6.84. The highest BCUT2D eigenvalue weighted by molar-refractivity contribution is 6.73. The first kappa shape index (κ1) is 16.1. The topological polar surface area (TPSA) is 15.3 Å². The van der Waals surface area contributed by atoms with Crippen molar-refractivity contribution < 1.29 is 0 Å². The summed E-state index contributed by atoms with van der Waals surface area (Å²) in [5.74, 6) is 0. The van der Waals surface area contributed by atoms with E-state index in [0.29, 0.717) is 5.54 Å². The van der Waals surface area contributed by atoms with E-state index in [1.807, 2.05) is 0 Å². The first-order valence-corrected chi connectivity index (χ1v) is 10.3. The van der Waals surface area contributed by atoms with Gasteiger partial charge in [0.1, 0.15) is 8.24 Å². The second-order valence-corrected chi connectivity index (χ2v) is 10.6. The molecule has 0 spiro atoms. The summed E-state index contributed by atoms with van der Waals surface area (Å²) in [6.45, 7) is 19.9. The maximum Gasteiger partial charge on any atom is 0.116 e. The molecule has 0 unspecified atom stereocenters. The van der Waals surface area contributed by atoms with Gasteiger partial charge in [-0.25, -0.2) is 0 Å². The lowest BCUT2D eigenvalue weighted by Gasteiger charge is -2.42. The number of hydrogen-bond acceptors (Lipinski definition) is 2. The SMILES string of the molecule is CCN(CC)CC(CC)(CC)N[Si](C)(C)C. The molecule has 98 valence electrons. The molecule has 0 aliphatic carbocycles. The van der Waals surface area contributed by atoms with Crippen molar-refractivity contribution in [2.75, 3.05) is 19.6 Å². The van der Waals surface area contributed by atoms with Crippen molar-refractivity contribution in [2.24, 2.45) is 0 Å². The fraction of sp³-hybridized carbons (Fsp3) is 1.00. The number of hydrogen-bond donors (Lipinski definition) is 1. The Morgan fingerprint density at radius 1 is 0.938 bits per heavy atom. The number of rotatable bonds is 8. The molecular formula is C13H32N2Si. The molecule has 0 saturated carbocycles. The monoisotopic (exact) mass is 244 g/mol. The average molecular weight is 244 g/mol. The normalized spacial score (nSPS) is 13.5. The van der Waals surface area contributed by atoms with Crippen molar-refractivity contribution in [2.45, 2.75) is 65.7 Å². The van der Waals surface area contributed by atoms with Gasteiger partial charge in [0.05, 0.1) is 0 Å². The predicted molar refractivity (Wildman–Crippen MR) is 77.6 cm³/mol. The Bertz CT molecular complexity index is 179. The molecule has 0 heterocycles. The van der Waals surface area contributed by atoms with Gasteiger partial charge in [0.25, 0.3) is 0 Å². The Kier molecular flexibility index (Phi) is 6.83. The summed E-state index contributed by atoms with van der Waals surface area (Å²) >= 11 is 0. The van der Waals surface area contributed by atoms with Crippen LogP contribution >= 0.6 is 0 Å². The van der Waals surface area contributed by atoms with E-state index in [9.17, 15) is 0 Å². The standard InChI is InChI=1S/C13H32N2Si/c1-8-13(9-2,14-16(5,6)7)12-15(10-3)11-4/h14H,8-12H2,1-7H3. The van der Waals surface area contributed by atoms with Gasteiger partial charge in [0.15, 0.2) is 0 Å². The summed E-state index contributed by atoms with van der Waals surface area (Å²) < 4.78 is 0. The third-order valence-electron chi connectivity index (χ3n) is 3.41. The minimum absolute atomic E-state index is 0.330. The van der Waals surface area contributed by atoms with Crippen LogP contribution in [0.5, 0.6) is 0 Å². The maximum absolute atomic E-state index is 3.97. The quantitative estimate of drug-likeness (QED) is 0.659. The molecule has 0 rings (SSSR count). The third kappa shape index (κ3) is 5.46. The molecule has 2 nitrogen and oxygen atoms in total. The Labute approximate surface area is 104 Å². The van der Waals surface area contributed by atoms with Crippen molar-refractivity contribution in [3.05, 3.63) is 0 Å². The molecule has 0 aliphatic heterocycles. The van der Waals surface area contributed by atoms with Crippen molar-refractivity contribution in [3.8, 4) is 0 Å². The minimum Gasteiger partial charge on any atom is -0.331 e. The Morgan fingerprint density at radius 2 is 1.38 bits per heavy atom. The van der Waals surface area contributed by atoms with E-state index in [1.165, 1.54) is 19.4 Å². The van der Waals surface area contributed by atoms with Crippen molar-refractivity contribution in [3.63, 3.8) is 0 Å². The van der Waals surface area contributed by atoms with Gasteiger partial charge in [-0.15, -0.1) is 0 Å². The van der Waals surface area contributed by atoms with E-state index in [-0.39, 0.29) is 0 Å². The number of nitrogens with one attached hydrogen (secondary N) is 1.